The van der Waals surface area contributed by atoms with E-state index in [2.05, 4.69) is 76.0 Å². The van der Waals surface area contributed by atoms with E-state index in [4.69, 9.17) is 0 Å². The quantitative estimate of drug-likeness (QED) is 0.163. The van der Waals surface area contributed by atoms with Gasteiger partial charge in [0.15, 0.2) is 0 Å². The van der Waals surface area contributed by atoms with Gasteiger partial charge < -0.3 is 0 Å². The van der Waals surface area contributed by atoms with Gasteiger partial charge in [-0.25, -0.2) is 0 Å². The molecule has 0 heterocycles. The molecule has 0 aliphatic heterocycles. The number of alkyl halides is 1. The average Bonchev–Trinajstić information content (AvgIpc) is 3.07. The van der Waals surface area contributed by atoms with Crippen LogP contribution < -0.4 is 0 Å². The molecule has 0 amide bonds. The number of fused-ring (bicyclic) bond motifs is 3. The highest BCUT2D eigenvalue weighted by molar-refractivity contribution is 9.11. The maximum atomic E-state index is 4.09. The van der Waals surface area contributed by atoms with Crippen LogP contribution in [-0.4, -0.2) is 0 Å². The predicted molar refractivity (Wildman–Crippen MR) is 145 cm³/mol. The first-order chi connectivity index (χ1) is 15.2. The fourth-order valence-corrected chi connectivity index (χ4v) is 7.10. The van der Waals surface area contributed by atoms with Crippen molar-refractivity contribution >= 4 is 31.9 Å². The number of benzene rings is 2. The summed E-state index contributed by atoms with van der Waals surface area (Å²) in [6.45, 7) is 4.59. The summed E-state index contributed by atoms with van der Waals surface area (Å²) < 4.78 is 1.37. The SMILES string of the molecule is CCCCCCCCc1cc2c(c(Br)c1CCCCCCCC)C(Br)c1ccccc1-2. The Morgan fingerprint density at radius 1 is 0.710 bits per heavy atom. The van der Waals surface area contributed by atoms with Crippen LogP contribution in [0.2, 0.25) is 0 Å². The van der Waals surface area contributed by atoms with Crippen molar-refractivity contribution < 1.29 is 0 Å². The largest absolute Gasteiger partial charge is 0.0786 e. The molecule has 0 spiro atoms. The maximum absolute atomic E-state index is 4.09. The minimum Gasteiger partial charge on any atom is -0.0786 e. The zero-order valence-corrected chi connectivity index (χ0v) is 22.8. The Morgan fingerprint density at radius 3 is 1.97 bits per heavy atom. The summed E-state index contributed by atoms with van der Waals surface area (Å²) >= 11 is 8.10. The van der Waals surface area contributed by atoms with E-state index >= 15 is 0 Å². The topological polar surface area (TPSA) is 0 Å². The second kappa shape index (κ2) is 13.2. The van der Waals surface area contributed by atoms with Crippen LogP contribution in [0.3, 0.4) is 0 Å². The van der Waals surface area contributed by atoms with Gasteiger partial charge in [0, 0.05) is 4.47 Å². The van der Waals surface area contributed by atoms with E-state index < -0.39 is 0 Å². The van der Waals surface area contributed by atoms with Gasteiger partial charge in [-0.2, -0.15) is 0 Å². The van der Waals surface area contributed by atoms with Gasteiger partial charge in [0.05, 0.1) is 4.83 Å². The van der Waals surface area contributed by atoms with Crippen molar-refractivity contribution in [3.8, 4) is 11.1 Å². The molecular weight excluding hydrogens is 508 g/mol. The van der Waals surface area contributed by atoms with Crippen LogP contribution in [0.4, 0.5) is 0 Å². The van der Waals surface area contributed by atoms with Gasteiger partial charge in [0.1, 0.15) is 0 Å². The number of rotatable bonds is 14. The Hall–Kier alpha value is -0.600. The number of aryl methyl sites for hydroxylation is 1. The average molecular weight is 548 g/mol. The van der Waals surface area contributed by atoms with Crippen LogP contribution in [0.1, 0.15) is 118 Å². The molecule has 0 aromatic heterocycles. The maximum Gasteiger partial charge on any atom is 0.0667 e. The van der Waals surface area contributed by atoms with Crippen molar-refractivity contribution in [1.29, 1.82) is 0 Å². The number of halogens is 2. The summed E-state index contributed by atoms with van der Waals surface area (Å²) in [5, 5.41) is 0. The second-order valence-corrected chi connectivity index (χ2v) is 11.0. The van der Waals surface area contributed by atoms with Gasteiger partial charge in [-0.15, -0.1) is 0 Å². The highest BCUT2D eigenvalue weighted by atomic mass is 79.9. The third-order valence-electron chi connectivity index (χ3n) is 6.86. The molecule has 1 unspecified atom stereocenters. The van der Waals surface area contributed by atoms with Gasteiger partial charge in [-0.05, 0) is 59.1 Å². The number of unbranched alkanes of at least 4 members (excludes halogenated alkanes) is 10. The van der Waals surface area contributed by atoms with Crippen LogP contribution in [0, 0.1) is 0 Å². The normalized spacial score (nSPS) is 14.6. The third-order valence-corrected chi connectivity index (χ3v) is 8.71. The van der Waals surface area contributed by atoms with E-state index in [0.717, 1.165) is 0 Å². The second-order valence-electron chi connectivity index (χ2n) is 9.27. The van der Waals surface area contributed by atoms with Gasteiger partial charge in [0.25, 0.3) is 0 Å². The minimum absolute atomic E-state index is 0.305. The zero-order chi connectivity index (χ0) is 22.1. The molecule has 0 radical (unpaired) electrons. The highest BCUT2D eigenvalue weighted by Gasteiger charge is 2.30. The zero-order valence-electron chi connectivity index (χ0n) is 19.6. The molecule has 1 atom stereocenters. The Labute approximate surface area is 207 Å². The summed E-state index contributed by atoms with van der Waals surface area (Å²) in [7, 11) is 0. The molecule has 0 saturated carbocycles. The summed E-state index contributed by atoms with van der Waals surface area (Å²) in [4.78, 5) is 0.305. The predicted octanol–water partition coefficient (Wildman–Crippen LogP) is 10.7. The minimum atomic E-state index is 0.305. The van der Waals surface area contributed by atoms with Gasteiger partial charge in [-0.1, -0.05) is 140 Å². The third kappa shape index (κ3) is 6.47. The van der Waals surface area contributed by atoms with Crippen molar-refractivity contribution in [1.82, 2.24) is 0 Å². The van der Waals surface area contributed by atoms with Gasteiger partial charge in [0.2, 0.25) is 0 Å². The number of hydrogen-bond donors (Lipinski definition) is 0. The summed E-state index contributed by atoms with van der Waals surface area (Å²) in [6, 6.07) is 11.5. The molecule has 1 aliphatic carbocycles. The molecule has 0 N–H and O–H groups in total. The van der Waals surface area contributed by atoms with E-state index in [0.29, 0.717) is 4.83 Å². The first-order valence-electron chi connectivity index (χ1n) is 12.8. The monoisotopic (exact) mass is 546 g/mol. The standard InChI is InChI=1S/C29H40Br2/c1-3-5-7-9-11-13-17-22-21-26-24-19-15-16-20-25(24)29(31)27(26)28(30)23(22)18-14-12-10-8-6-4-2/h15-16,19-21,29H,3-14,17-18H2,1-2H3. The Balaban J connectivity index is 1.77. The summed E-state index contributed by atoms with van der Waals surface area (Å²) in [5.74, 6) is 0. The lowest BCUT2D eigenvalue weighted by Gasteiger charge is -2.18. The van der Waals surface area contributed by atoms with Gasteiger partial charge >= 0.3 is 0 Å². The van der Waals surface area contributed by atoms with E-state index in [-0.39, 0.29) is 0 Å². The van der Waals surface area contributed by atoms with Crippen LogP contribution in [0.15, 0.2) is 34.8 Å². The molecule has 2 aromatic rings. The Kier molecular flexibility index (Phi) is 10.7. The van der Waals surface area contributed by atoms with Crippen molar-refractivity contribution in [3.05, 3.63) is 57.1 Å². The first kappa shape index (κ1) is 25.0. The molecule has 2 aromatic carbocycles. The molecule has 2 heteroatoms. The first-order valence-corrected chi connectivity index (χ1v) is 14.5. The molecular formula is C29H40Br2. The smallest absolute Gasteiger partial charge is 0.0667 e. The lowest BCUT2D eigenvalue weighted by molar-refractivity contribution is 0.598. The molecule has 0 nitrogen and oxygen atoms in total. The van der Waals surface area contributed by atoms with Crippen LogP contribution in [0.25, 0.3) is 11.1 Å². The highest BCUT2D eigenvalue weighted by Crippen LogP contribution is 2.52. The van der Waals surface area contributed by atoms with E-state index in [1.807, 2.05) is 0 Å². The van der Waals surface area contributed by atoms with Crippen LogP contribution >= 0.6 is 31.9 Å². The van der Waals surface area contributed by atoms with E-state index in [1.165, 1.54) is 117 Å². The molecule has 0 saturated heterocycles. The fourth-order valence-electron chi connectivity index (χ4n) is 5.02. The lowest BCUT2D eigenvalue weighted by Crippen LogP contribution is -2.01. The summed E-state index contributed by atoms with van der Waals surface area (Å²) in [5.41, 5.74) is 8.90. The van der Waals surface area contributed by atoms with E-state index in [9.17, 15) is 0 Å². The molecule has 1 aliphatic rings. The van der Waals surface area contributed by atoms with Crippen molar-refractivity contribution in [2.45, 2.75) is 109 Å². The molecule has 31 heavy (non-hydrogen) atoms. The van der Waals surface area contributed by atoms with Crippen LogP contribution in [-0.2, 0) is 12.8 Å². The van der Waals surface area contributed by atoms with Crippen molar-refractivity contribution in [2.24, 2.45) is 0 Å². The Morgan fingerprint density at radius 2 is 1.29 bits per heavy atom. The molecule has 0 bridgehead atoms. The van der Waals surface area contributed by atoms with Crippen molar-refractivity contribution in [2.75, 3.05) is 0 Å². The Bertz CT molecular complexity index is 824. The molecule has 3 rings (SSSR count). The molecule has 170 valence electrons. The fraction of sp³-hybridized carbons (Fsp3) is 0.586. The lowest BCUT2D eigenvalue weighted by atomic mass is 9.91. The van der Waals surface area contributed by atoms with E-state index in [1.54, 1.807) is 11.1 Å². The van der Waals surface area contributed by atoms with Crippen LogP contribution in [0.5, 0.6) is 0 Å². The summed E-state index contributed by atoms with van der Waals surface area (Å²) in [6.07, 6.45) is 18.8. The van der Waals surface area contributed by atoms with Gasteiger partial charge in [-0.3, -0.25) is 0 Å². The number of hydrogen-bond acceptors (Lipinski definition) is 0. The van der Waals surface area contributed by atoms with Crippen molar-refractivity contribution in [3.63, 3.8) is 0 Å². The molecule has 0 fully saturated rings.